The quantitative estimate of drug-likeness (QED) is 0.742. The first kappa shape index (κ1) is 10.1. The summed E-state index contributed by atoms with van der Waals surface area (Å²) in [6.07, 6.45) is 0.140. The summed E-state index contributed by atoms with van der Waals surface area (Å²) in [5, 5.41) is 12.4. The molecular weight excluding hydrogens is 194 g/mol. The monoisotopic (exact) mass is 209 g/mol. The summed E-state index contributed by atoms with van der Waals surface area (Å²) in [4.78, 5) is 0. The third-order valence-corrected chi connectivity index (χ3v) is 2.26. The van der Waals surface area contributed by atoms with Crippen LogP contribution in [0.3, 0.4) is 0 Å². The minimum atomic E-state index is -0.521. The fourth-order valence-electron chi connectivity index (χ4n) is 1.43. The van der Waals surface area contributed by atoms with E-state index in [9.17, 15) is 5.11 Å². The van der Waals surface area contributed by atoms with Gasteiger partial charge in [-0.1, -0.05) is 6.92 Å². The Bertz CT molecular complexity index is 341. The van der Waals surface area contributed by atoms with Crippen LogP contribution in [0.15, 0.2) is 18.2 Å². The van der Waals surface area contributed by atoms with Crippen LogP contribution in [0.5, 0.6) is 11.5 Å². The van der Waals surface area contributed by atoms with Crippen molar-refractivity contribution < 1.29 is 14.6 Å². The number of nitrogens with one attached hydrogen (secondary N) is 1. The Morgan fingerprint density at radius 1 is 1.33 bits per heavy atom. The smallest absolute Gasteiger partial charge is 0.163 e. The van der Waals surface area contributed by atoms with Crippen molar-refractivity contribution in [2.75, 3.05) is 18.5 Å². The Labute approximate surface area is 88.8 Å². The van der Waals surface area contributed by atoms with Crippen molar-refractivity contribution in [3.05, 3.63) is 18.2 Å². The van der Waals surface area contributed by atoms with Gasteiger partial charge in [0.1, 0.15) is 19.4 Å². The van der Waals surface area contributed by atoms with Gasteiger partial charge in [0.15, 0.2) is 11.5 Å². The van der Waals surface area contributed by atoms with Crippen LogP contribution in [0, 0.1) is 0 Å². The molecule has 0 saturated carbocycles. The van der Waals surface area contributed by atoms with Crippen LogP contribution in [0.1, 0.15) is 13.3 Å². The lowest BCUT2D eigenvalue weighted by molar-refractivity contribution is 0.171. The predicted molar refractivity (Wildman–Crippen MR) is 57.4 cm³/mol. The number of anilines is 1. The molecule has 15 heavy (non-hydrogen) atoms. The zero-order valence-electron chi connectivity index (χ0n) is 8.69. The number of fused-ring (bicyclic) bond motifs is 1. The van der Waals surface area contributed by atoms with Gasteiger partial charge in [0.05, 0.1) is 0 Å². The summed E-state index contributed by atoms with van der Waals surface area (Å²) in [5.41, 5.74) is 0.841. The molecule has 0 saturated heterocycles. The van der Waals surface area contributed by atoms with Gasteiger partial charge in [-0.2, -0.15) is 0 Å². The van der Waals surface area contributed by atoms with E-state index in [4.69, 9.17) is 9.47 Å². The first-order valence-corrected chi connectivity index (χ1v) is 5.14. The molecule has 2 N–H and O–H groups in total. The van der Waals surface area contributed by atoms with Gasteiger partial charge in [-0.15, -0.1) is 0 Å². The molecule has 4 heteroatoms. The maximum Gasteiger partial charge on any atom is 0.163 e. The molecule has 1 unspecified atom stereocenters. The fourth-order valence-corrected chi connectivity index (χ4v) is 1.43. The van der Waals surface area contributed by atoms with E-state index in [0.717, 1.165) is 17.2 Å². The normalized spacial score (nSPS) is 15.9. The third-order valence-electron chi connectivity index (χ3n) is 2.26. The first-order valence-electron chi connectivity index (χ1n) is 5.14. The highest BCUT2D eigenvalue weighted by Gasteiger charge is 2.12. The van der Waals surface area contributed by atoms with E-state index in [1.54, 1.807) is 0 Å². The van der Waals surface area contributed by atoms with Crippen LogP contribution in [0.4, 0.5) is 5.69 Å². The predicted octanol–water partition coefficient (Wildman–Crippen LogP) is 1.60. The summed E-state index contributed by atoms with van der Waals surface area (Å²) >= 11 is 0. The summed E-state index contributed by atoms with van der Waals surface area (Å²) in [5.74, 6) is 1.49. The number of ether oxygens (including phenoxy) is 2. The van der Waals surface area contributed by atoms with Gasteiger partial charge in [-0.05, 0) is 18.6 Å². The van der Waals surface area contributed by atoms with E-state index in [0.29, 0.717) is 19.6 Å². The number of hydrogen-bond donors (Lipinski definition) is 2. The molecule has 1 atom stereocenters. The molecule has 1 aromatic carbocycles. The van der Waals surface area contributed by atoms with E-state index >= 15 is 0 Å². The largest absolute Gasteiger partial charge is 0.486 e. The molecular formula is C11H15NO3. The van der Waals surface area contributed by atoms with Crippen molar-refractivity contribution in [2.24, 2.45) is 0 Å². The van der Waals surface area contributed by atoms with E-state index in [2.05, 4.69) is 5.32 Å². The summed E-state index contributed by atoms with van der Waals surface area (Å²) in [7, 11) is 0. The SMILES string of the molecule is CCC(O)Nc1ccc2c(c1)OCCO2. The molecule has 0 aliphatic carbocycles. The first-order chi connectivity index (χ1) is 7.29. The second kappa shape index (κ2) is 4.40. The van der Waals surface area contributed by atoms with Gasteiger partial charge in [0.2, 0.25) is 0 Å². The Hall–Kier alpha value is -1.42. The molecule has 0 radical (unpaired) electrons. The number of rotatable bonds is 3. The van der Waals surface area contributed by atoms with Crippen LogP contribution >= 0.6 is 0 Å². The molecule has 0 amide bonds. The second-order valence-electron chi connectivity index (χ2n) is 3.43. The van der Waals surface area contributed by atoms with Crippen LogP contribution in [0.2, 0.25) is 0 Å². The van der Waals surface area contributed by atoms with Gasteiger partial charge in [0.25, 0.3) is 0 Å². The fraction of sp³-hybridized carbons (Fsp3) is 0.455. The maximum absolute atomic E-state index is 9.43. The van der Waals surface area contributed by atoms with Crippen LogP contribution in [0.25, 0.3) is 0 Å². The van der Waals surface area contributed by atoms with E-state index in [1.165, 1.54) is 0 Å². The molecule has 0 aromatic heterocycles. The second-order valence-corrected chi connectivity index (χ2v) is 3.43. The molecule has 0 fully saturated rings. The van der Waals surface area contributed by atoms with Crippen LogP contribution < -0.4 is 14.8 Å². The number of aliphatic hydroxyl groups is 1. The van der Waals surface area contributed by atoms with Crippen LogP contribution in [-0.2, 0) is 0 Å². The number of benzene rings is 1. The molecule has 1 heterocycles. The molecule has 82 valence electrons. The van der Waals surface area contributed by atoms with Crippen molar-refractivity contribution >= 4 is 5.69 Å². The van der Waals surface area contributed by atoms with Crippen molar-refractivity contribution in [3.8, 4) is 11.5 Å². The lowest BCUT2D eigenvalue weighted by atomic mass is 10.2. The minimum absolute atomic E-state index is 0.521. The number of hydrogen-bond acceptors (Lipinski definition) is 4. The Balaban J connectivity index is 2.13. The highest BCUT2D eigenvalue weighted by Crippen LogP contribution is 2.32. The molecule has 0 bridgehead atoms. The van der Waals surface area contributed by atoms with Gasteiger partial charge in [0, 0.05) is 11.8 Å². The Morgan fingerprint density at radius 3 is 2.80 bits per heavy atom. The Kier molecular flexibility index (Phi) is 2.97. The average Bonchev–Trinajstić information content (AvgIpc) is 2.29. The zero-order chi connectivity index (χ0) is 10.7. The highest BCUT2D eigenvalue weighted by molar-refractivity contribution is 5.55. The van der Waals surface area contributed by atoms with E-state index in [-0.39, 0.29) is 0 Å². The van der Waals surface area contributed by atoms with E-state index < -0.39 is 6.23 Å². The van der Waals surface area contributed by atoms with E-state index in [1.807, 2.05) is 25.1 Å². The Morgan fingerprint density at radius 2 is 2.07 bits per heavy atom. The molecule has 2 rings (SSSR count). The maximum atomic E-state index is 9.43. The topological polar surface area (TPSA) is 50.7 Å². The summed E-state index contributed by atoms with van der Waals surface area (Å²) in [6.45, 7) is 3.08. The summed E-state index contributed by atoms with van der Waals surface area (Å²) < 4.78 is 10.8. The van der Waals surface area contributed by atoms with Gasteiger partial charge < -0.3 is 19.9 Å². The van der Waals surface area contributed by atoms with Crippen molar-refractivity contribution in [3.63, 3.8) is 0 Å². The lowest BCUT2D eigenvalue weighted by Crippen LogP contribution is -2.18. The van der Waals surface area contributed by atoms with Crippen molar-refractivity contribution in [2.45, 2.75) is 19.6 Å². The van der Waals surface area contributed by atoms with Gasteiger partial charge in [-0.25, -0.2) is 0 Å². The molecule has 0 spiro atoms. The zero-order valence-corrected chi connectivity index (χ0v) is 8.69. The standard InChI is InChI=1S/C11H15NO3/c1-2-11(13)12-8-3-4-9-10(7-8)15-6-5-14-9/h3-4,7,11-13H,2,5-6H2,1H3. The van der Waals surface area contributed by atoms with Gasteiger partial charge >= 0.3 is 0 Å². The number of aliphatic hydroxyl groups excluding tert-OH is 1. The van der Waals surface area contributed by atoms with Gasteiger partial charge in [-0.3, -0.25) is 0 Å². The minimum Gasteiger partial charge on any atom is -0.486 e. The lowest BCUT2D eigenvalue weighted by Gasteiger charge is -2.20. The van der Waals surface area contributed by atoms with Crippen molar-refractivity contribution in [1.29, 1.82) is 0 Å². The molecule has 1 aliphatic heterocycles. The summed E-state index contributed by atoms with van der Waals surface area (Å²) in [6, 6.07) is 5.55. The molecule has 1 aliphatic rings. The highest BCUT2D eigenvalue weighted by atomic mass is 16.6. The molecule has 1 aromatic rings. The average molecular weight is 209 g/mol. The molecule has 4 nitrogen and oxygen atoms in total. The third kappa shape index (κ3) is 2.33. The van der Waals surface area contributed by atoms with Crippen LogP contribution in [-0.4, -0.2) is 24.5 Å². The van der Waals surface area contributed by atoms with Crippen molar-refractivity contribution in [1.82, 2.24) is 0 Å².